The van der Waals surface area contributed by atoms with Gasteiger partial charge in [-0.1, -0.05) is 42.6 Å². The SMILES string of the molecule is CCCCNC(=O)[C@@H](C)N(Cc1ccc(Cl)cc1Cl)C(=O)CN(c1ccc(F)cc1)S(C)(=O)=O. The number of hydrogen-bond acceptors (Lipinski definition) is 4. The van der Waals surface area contributed by atoms with E-state index in [-0.39, 0.29) is 18.1 Å². The zero-order valence-electron chi connectivity index (χ0n) is 19.2. The lowest BCUT2D eigenvalue weighted by atomic mass is 10.1. The van der Waals surface area contributed by atoms with Gasteiger partial charge in [0.2, 0.25) is 21.8 Å². The van der Waals surface area contributed by atoms with Crippen molar-refractivity contribution < 1.29 is 22.4 Å². The molecule has 0 aliphatic heterocycles. The molecule has 11 heteroatoms. The lowest BCUT2D eigenvalue weighted by Gasteiger charge is -2.31. The number of halogens is 3. The van der Waals surface area contributed by atoms with Crippen molar-refractivity contribution in [2.45, 2.75) is 39.3 Å². The van der Waals surface area contributed by atoms with Crippen LogP contribution in [0.15, 0.2) is 42.5 Å². The molecule has 186 valence electrons. The zero-order chi connectivity index (χ0) is 25.5. The Morgan fingerprint density at radius 1 is 1.12 bits per heavy atom. The molecule has 2 aromatic carbocycles. The Morgan fingerprint density at radius 3 is 2.32 bits per heavy atom. The van der Waals surface area contributed by atoms with E-state index >= 15 is 0 Å². The van der Waals surface area contributed by atoms with Crippen LogP contribution in [-0.2, 0) is 26.2 Å². The highest BCUT2D eigenvalue weighted by Crippen LogP contribution is 2.24. The van der Waals surface area contributed by atoms with E-state index in [9.17, 15) is 22.4 Å². The molecule has 1 atom stereocenters. The van der Waals surface area contributed by atoms with Gasteiger partial charge >= 0.3 is 0 Å². The highest BCUT2D eigenvalue weighted by atomic mass is 35.5. The molecule has 0 aromatic heterocycles. The number of sulfonamides is 1. The van der Waals surface area contributed by atoms with Gasteiger partial charge in [0.1, 0.15) is 18.4 Å². The largest absolute Gasteiger partial charge is 0.354 e. The normalized spacial score (nSPS) is 12.2. The van der Waals surface area contributed by atoms with Gasteiger partial charge in [-0.3, -0.25) is 13.9 Å². The van der Waals surface area contributed by atoms with E-state index in [1.54, 1.807) is 19.1 Å². The topological polar surface area (TPSA) is 86.8 Å². The number of unbranched alkanes of at least 4 members (excludes halogenated alkanes) is 1. The van der Waals surface area contributed by atoms with Gasteiger partial charge in [-0.05, 0) is 55.3 Å². The molecule has 2 rings (SSSR count). The number of carbonyl (C=O) groups is 2. The summed E-state index contributed by atoms with van der Waals surface area (Å²) in [5, 5.41) is 3.51. The lowest BCUT2D eigenvalue weighted by molar-refractivity contribution is -0.139. The molecular weight excluding hydrogens is 504 g/mol. The average Bonchev–Trinajstić information content (AvgIpc) is 2.76. The van der Waals surface area contributed by atoms with Gasteiger partial charge in [-0.25, -0.2) is 12.8 Å². The molecule has 7 nitrogen and oxygen atoms in total. The minimum absolute atomic E-state index is 0.0434. The molecule has 0 unspecified atom stereocenters. The van der Waals surface area contributed by atoms with Crippen molar-refractivity contribution in [2.75, 3.05) is 23.7 Å². The average molecular weight is 532 g/mol. The molecule has 0 spiro atoms. The quantitative estimate of drug-likeness (QED) is 0.439. The first-order chi connectivity index (χ1) is 15.9. The van der Waals surface area contributed by atoms with Gasteiger partial charge in [0, 0.05) is 23.1 Å². The highest BCUT2D eigenvalue weighted by Gasteiger charge is 2.30. The Hall–Kier alpha value is -2.36. The summed E-state index contributed by atoms with van der Waals surface area (Å²) in [5.74, 6) is -1.54. The Morgan fingerprint density at radius 2 is 1.76 bits per heavy atom. The van der Waals surface area contributed by atoms with E-state index in [0.29, 0.717) is 22.2 Å². The summed E-state index contributed by atoms with van der Waals surface area (Å²) in [7, 11) is -3.89. The van der Waals surface area contributed by atoms with Crippen LogP contribution >= 0.6 is 23.2 Å². The lowest BCUT2D eigenvalue weighted by Crippen LogP contribution is -2.51. The first-order valence-electron chi connectivity index (χ1n) is 10.7. The third-order valence-corrected chi connectivity index (χ3v) is 6.87. The van der Waals surface area contributed by atoms with E-state index in [1.165, 1.54) is 23.1 Å². The van der Waals surface area contributed by atoms with E-state index in [0.717, 1.165) is 35.5 Å². The van der Waals surface area contributed by atoms with Crippen molar-refractivity contribution in [1.82, 2.24) is 10.2 Å². The van der Waals surface area contributed by atoms with E-state index in [2.05, 4.69) is 5.32 Å². The first-order valence-corrected chi connectivity index (χ1v) is 13.3. The first kappa shape index (κ1) is 27.9. The summed E-state index contributed by atoms with van der Waals surface area (Å²) in [4.78, 5) is 27.4. The number of rotatable bonds is 11. The van der Waals surface area contributed by atoms with Crippen molar-refractivity contribution in [1.29, 1.82) is 0 Å². The minimum atomic E-state index is -3.89. The minimum Gasteiger partial charge on any atom is -0.354 e. The zero-order valence-corrected chi connectivity index (χ0v) is 21.6. The van der Waals surface area contributed by atoms with E-state index in [1.807, 2.05) is 6.92 Å². The van der Waals surface area contributed by atoms with Crippen LogP contribution in [0.4, 0.5) is 10.1 Å². The van der Waals surface area contributed by atoms with Gasteiger partial charge in [0.25, 0.3) is 0 Å². The molecule has 0 bridgehead atoms. The fourth-order valence-corrected chi connectivity index (χ4v) is 4.49. The predicted molar refractivity (Wildman–Crippen MR) is 133 cm³/mol. The van der Waals surface area contributed by atoms with Crippen LogP contribution in [0.5, 0.6) is 0 Å². The molecule has 34 heavy (non-hydrogen) atoms. The van der Waals surface area contributed by atoms with Crippen LogP contribution in [0.3, 0.4) is 0 Å². The van der Waals surface area contributed by atoms with Crippen LogP contribution in [0.1, 0.15) is 32.3 Å². The summed E-state index contributed by atoms with van der Waals surface area (Å²) >= 11 is 12.3. The van der Waals surface area contributed by atoms with Crippen molar-refractivity contribution in [3.8, 4) is 0 Å². The molecule has 1 N–H and O–H groups in total. The summed E-state index contributed by atoms with van der Waals surface area (Å²) in [6, 6.07) is 8.61. The monoisotopic (exact) mass is 531 g/mol. The van der Waals surface area contributed by atoms with Crippen LogP contribution in [-0.4, -0.2) is 50.5 Å². The van der Waals surface area contributed by atoms with Crippen LogP contribution in [0, 0.1) is 5.82 Å². The second-order valence-corrected chi connectivity index (χ2v) is 10.6. The van der Waals surface area contributed by atoms with Gasteiger partial charge in [0.05, 0.1) is 11.9 Å². The van der Waals surface area contributed by atoms with Crippen LogP contribution in [0.2, 0.25) is 10.0 Å². The maximum atomic E-state index is 13.4. The van der Waals surface area contributed by atoms with E-state index in [4.69, 9.17) is 23.2 Å². The summed E-state index contributed by atoms with van der Waals surface area (Å²) in [6.45, 7) is 3.38. The number of amides is 2. The molecule has 0 saturated heterocycles. The smallest absolute Gasteiger partial charge is 0.244 e. The van der Waals surface area contributed by atoms with Crippen LogP contribution < -0.4 is 9.62 Å². The van der Waals surface area contributed by atoms with Crippen molar-refractivity contribution >= 4 is 50.7 Å². The van der Waals surface area contributed by atoms with Crippen molar-refractivity contribution in [3.05, 3.63) is 63.9 Å². The number of anilines is 1. The third kappa shape index (κ3) is 7.85. The number of nitrogens with one attached hydrogen (secondary N) is 1. The van der Waals surface area contributed by atoms with Gasteiger partial charge < -0.3 is 10.2 Å². The molecule has 0 saturated carbocycles. The summed E-state index contributed by atoms with van der Waals surface area (Å²) in [6.07, 6.45) is 2.62. The van der Waals surface area contributed by atoms with Gasteiger partial charge in [-0.15, -0.1) is 0 Å². The molecule has 0 fully saturated rings. The number of nitrogens with zero attached hydrogens (tertiary/aromatic N) is 2. The summed E-state index contributed by atoms with van der Waals surface area (Å²) in [5.41, 5.74) is 0.669. The van der Waals surface area contributed by atoms with Gasteiger partial charge in [0.15, 0.2) is 0 Å². The number of hydrogen-bond donors (Lipinski definition) is 1. The Bertz CT molecular complexity index is 1110. The Balaban J connectivity index is 2.37. The van der Waals surface area contributed by atoms with Gasteiger partial charge in [-0.2, -0.15) is 0 Å². The molecule has 2 amide bonds. The van der Waals surface area contributed by atoms with E-state index < -0.39 is 34.3 Å². The maximum Gasteiger partial charge on any atom is 0.244 e. The molecule has 0 aliphatic carbocycles. The molecule has 0 heterocycles. The molecule has 2 aromatic rings. The highest BCUT2D eigenvalue weighted by molar-refractivity contribution is 7.92. The molecule has 0 radical (unpaired) electrons. The fraction of sp³-hybridized carbons (Fsp3) is 0.391. The van der Waals surface area contributed by atoms with Crippen LogP contribution in [0.25, 0.3) is 0 Å². The summed E-state index contributed by atoms with van der Waals surface area (Å²) < 4.78 is 39.1. The van der Waals surface area contributed by atoms with Crippen molar-refractivity contribution in [2.24, 2.45) is 0 Å². The number of benzene rings is 2. The predicted octanol–water partition coefficient (Wildman–Crippen LogP) is 4.23. The second-order valence-electron chi connectivity index (χ2n) is 7.82. The Labute approximate surface area is 209 Å². The maximum absolute atomic E-state index is 13.4. The fourth-order valence-electron chi connectivity index (χ4n) is 3.17. The number of carbonyl (C=O) groups excluding carboxylic acids is 2. The molecule has 0 aliphatic rings. The second kappa shape index (κ2) is 12.4. The standard InChI is InChI=1S/C23H28Cl2FN3O4S/c1-4-5-12-27-23(31)16(2)28(14-17-6-7-18(24)13-21(17)25)22(30)15-29(34(3,32)33)20-10-8-19(26)9-11-20/h6-11,13,16H,4-5,12,14-15H2,1-3H3,(H,27,31)/t16-/m1/s1. The molecular formula is C23H28Cl2FN3O4S. The van der Waals surface area contributed by atoms with Crippen molar-refractivity contribution in [3.63, 3.8) is 0 Å². The third-order valence-electron chi connectivity index (χ3n) is 5.15. The Kier molecular flexibility index (Phi) is 10.1.